The van der Waals surface area contributed by atoms with Gasteiger partial charge in [-0.3, -0.25) is 9.80 Å². The summed E-state index contributed by atoms with van der Waals surface area (Å²) in [5.41, 5.74) is 19.9. The first kappa shape index (κ1) is 84.6. The second-order valence-corrected chi connectivity index (χ2v) is 35.4. The normalized spacial score (nSPS) is 17.4. The molecule has 35 heteroatoms. The number of benzene rings is 4. The fourth-order valence-corrected chi connectivity index (χ4v) is 19.6. The number of likely N-dealkylation sites (tertiary alicyclic amines) is 2. The van der Waals surface area contributed by atoms with Crippen LogP contribution in [0.1, 0.15) is 42.5 Å². The molecule has 0 saturated carbocycles. The van der Waals surface area contributed by atoms with Crippen LogP contribution in [-0.2, 0) is 36.8 Å². The van der Waals surface area contributed by atoms with E-state index in [1.165, 1.54) is 0 Å². The maximum atomic E-state index is 13.6. The second kappa shape index (κ2) is 36.1. The molecule has 4 N–H and O–H groups in total. The third-order valence-corrected chi connectivity index (χ3v) is 26.7. The average molecular weight is 1830 g/mol. The average Bonchev–Trinajstić information content (AvgIpc) is 1.60. The van der Waals surface area contributed by atoms with Gasteiger partial charge in [0.15, 0.2) is 68.9 Å². The highest BCUT2D eigenvalue weighted by atomic mass is 19.3. The molecule has 136 heavy (non-hydrogen) atoms. The van der Waals surface area contributed by atoms with Crippen molar-refractivity contribution >= 4 is 161 Å². The minimum Gasteiger partial charge on any atom is -0.432 e. The van der Waals surface area contributed by atoms with Crippen LogP contribution < -0.4 is 24.5 Å². The van der Waals surface area contributed by atoms with E-state index in [0.717, 1.165) is 235 Å². The predicted molar refractivity (Wildman–Crippen MR) is 516 cm³/mol. The molecule has 20 aromatic rings. The minimum absolute atomic E-state index is 0.110. The van der Waals surface area contributed by atoms with Crippen molar-refractivity contribution < 1.29 is 54.5 Å². The predicted octanol–water partition coefficient (Wildman–Crippen LogP) is 17.3. The number of nitrogens with zero attached hydrogens (tertiary/aromatic N) is 19. The maximum Gasteiger partial charge on any atom is 0.250 e. The Morgan fingerprint density at radius 2 is 0.654 bits per heavy atom. The first-order chi connectivity index (χ1) is 66.9. The van der Waals surface area contributed by atoms with Gasteiger partial charge in [-0.15, -0.1) is 0 Å². The third-order valence-electron chi connectivity index (χ3n) is 26.7. The maximum absolute atomic E-state index is 13.6. The first-order valence-electron chi connectivity index (χ1n) is 46.6. The number of furan rings is 4. The molecule has 0 bridgehead atoms. The number of alkyl halides is 3. The number of hydrogen-bond donors (Lipinski definition) is 4. The summed E-state index contributed by atoms with van der Waals surface area (Å²) in [6.07, 6.45) is 13.5. The molecule has 32 nitrogen and oxygen atoms in total. The molecule has 16 aromatic heterocycles. The van der Waals surface area contributed by atoms with Gasteiger partial charge in [0.1, 0.15) is 28.2 Å². The number of hydrogen-bond acceptors (Lipinski definition) is 28. The smallest absolute Gasteiger partial charge is 0.250 e. The largest absolute Gasteiger partial charge is 0.432 e. The molecular formula is C101H96F3N23O9. The second-order valence-electron chi connectivity index (χ2n) is 35.4. The fourth-order valence-electron chi connectivity index (χ4n) is 19.6. The molecule has 7 saturated heterocycles. The number of fused-ring (bicyclic) bond motifs is 16. The lowest BCUT2D eigenvalue weighted by Gasteiger charge is -2.31. The van der Waals surface area contributed by atoms with Crippen molar-refractivity contribution in [3.8, 4) is 45.6 Å². The number of aryl methyl sites for hydroxylation is 1. The molecule has 0 atom stereocenters. The zero-order valence-corrected chi connectivity index (χ0v) is 74.8. The minimum atomic E-state index is -2.56. The number of aromatic nitrogens is 16. The van der Waals surface area contributed by atoms with Crippen molar-refractivity contribution in [3.05, 3.63) is 188 Å². The van der Waals surface area contributed by atoms with Crippen LogP contribution in [0.4, 0.5) is 42.1 Å². The van der Waals surface area contributed by atoms with Gasteiger partial charge in [0.25, 0.3) is 5.92 Å². The number of morpholine rings is 5. The van der Waals surface area contributed by atoms with Crippen LogP contribution in [0.2, 0.25) is 0 Å². The summed E-state index contributed by atoms with van der Waals surface area (Å²) in [6.45, 7) is 19.8. The lowest BCUT2D eigenvalue weighted by molar-refractivity contribution is -0.0566. The topological polar surface area (TPSA) is 339 Å². The molecule has 0 aliphatic carbocycles. The van der Waals surface area contributed by atoms with Crippen LogP contribution in [0.25, 0.3) is 178 Å². The van der Waals surface area contributed by atoms with Crippen LogP contribution in [0.5, 0.6) is 0 Å². The van der Waals surface area contributed by atoms with Crippen molar-refractivity contribution in [3.63, 3.8) is 0 Å². The van der Waals surface area contributed by atoms with Gasteiger partial charge in [-0.25, -0.2) is 73.0 Å². The van der Waals surface area contributed by atoms with Crippen LogP contribution in [0.3, 0.4) is 0 Å². The van der Waals surface area contributed by atoms with Gasteiger partial charge in [0.05, 0.1) is 99.5 Å². The number of anilines is 5. The fraction of sp³-hybridized carbons (Fsp3) is 0.327. The van der Waals surface area contributed by atoms with Gasteiger partial charge in [0.2, 0.25) is 22.9 Å². The van der Waals surface area contributed by atoms with E-state index in [0.29, 0.717) is 172 Å². The standard InChI is InChI=1S/C27H26F2N6O2.C27H27FN6O2.C25H24N6O3.C22H19N5O2/c28-27(29)5-8-34(9-6-27)16-17-14-20-22-23(37-26(20)31-15-17)25(35-10-12-36-13-11-35)33-24(32-22)19-2-1-3-21-18(19)4-7-30-21;28-18-5-8-33(9-6-18)16-17-14-21-23-24(36-27(21)30-15-17)26(34-10-12-35-13-11-34)32-25(31-23)20-2-1-3-22-19(20)4-7-29-22;1-2-18(17-4-5-26-20(17)3-1)23-28-21-19-14-16(30-6-10-32-11-7-30)15-27-25(19)34-22(21)24(29-23)31-8-12-33-13-9-31;1-13-5-6-16-18-19(29-22(16)24-13)21(27-9-11-28-12-10-27)26-20(25-18)15-3-2-4-17-14(15)7-8-23-17/h1-4,7,14-15,30H,5-6,8-13,16H2;1-4,7,14-15,18,29H,5-6,8-13,16H2;1-5,14-15,26H,6-13H2;2-8,23H,9-12H2,1H3. The van der Waals surface area contributed by atoms with Gasteiger partial charge in [-0.1, -0.05) is 48.5 Å². The Bertz CT molecular complexity index is 7830. The SMILES string of the molecule is Cc1ccc2c(n1)oc1c(N3CCOCC3)nc(-c3cccc4[nH]ccc34)nc12.FC1(F)CCN(Cc2cnc3oc4c(N5CCOCC5)nc(-c5cccc6[nH]ccc56)nc4c3c2)CC1.FC1CCN(Cc2cnc3oc4c(N5CCOCC5)nc(-c5cccc6[nH]ccc56)nc4c3c2)CC1.c1cc(-c2nc(N3CCOCC3)c3oc4ncc(N5CCOCC5)cc4c3n2)c2cc[nH]c2c1. The van der Waals surface area contributed by atoms with E-state index in [1.807, 2.05) is 105 Å². The summed E-state index contributed by atoms with van der Waals surface area (Å²) in [6, 6.07) is 43.0. The van der Waals surface area contributed by atoms with Crippen LogP contribution in [0.15, 0.2) is 188 Å². The molecule has 7 fully saturated rings. The highest BCUT2D eigenvalue weighted by Gasteiger charge is 2.36. The molecule has 0 amide bonds. The number of aromatic amines is 4. The zero-order valence-electron chi connectivity index (χ0n) is 74.8. The molecule has 0 radical (unpaired) electrons. The summed E-state index contributed by atoms with van der Waals surface area (Å²) in [5, 5.41) is 7.80. The van der Waals surface area contributed by atoms with E-state index in [1.54, 1.807) is 6.20 Å². The van der Waals surface area contributed by atoms with E-state index in [-0.39, 0.29) is 12.8 Å². The number of piperidine rings is 2. The molecule has 0 spiro atoms. The number of rotatable bonds is 13. The van der Waals surface area contributed by atoms with Crippen molar-refractivity contribution in [1.82, 2.24) is 89.5 Å². The van der Waals surface area contributed by atoms with Crippen molar-refractivity contribution in [2.45, 2.75) is 57.8 Å². The zero-order chi connectivity index (χ0) is 90.9. The number of pyridine rings is 4. The summed E-state index contributed by atoms with van der Waals surface area (Å²) in [7, 11) is 0. The Kier molecular flexibility index (Phi) is 22.5. The van der Waals surface area contributed by atoms with Crippen molar-refractivity contribution in [2.24, 2.45) is 0 Å². The van der Waals surface area contributed by atoms with Gasteiger partial charge >= 0.3 is 0 Å². The highest BCUT2D eigenvalue weighted by molar-refractivity contribution is 6.11. The molecule has 0 unspecified atom stereocenters. The number of H-pyrrole nitrogens is 4. The molecule has 690 valence electrons. The van der Waals surface area contributed by atoms with Gasteiger partial charge in [-0.05, 0) is 110 Å². The van der Waals surface area contributed by atoms with Crippen LogP contribution in [0, 0.1) is 6.92 Å². The quantitative estimate of drug-likeness (QED) is 0.0833. The number of nitrogens with one attached hydrogen (secondary N) is 4. The van der Waals surface area contributed by atoms with Gasteiger partial charge in [-0.2, -0.15) is 0 Å². The van der Waals surface area contributed by atoms with E-state index in [4.69, 9.17) is 81.2 Å². The van der Waals surface area contributed by atoms with E-state index >= 15 is 0 Å². The third kappa shape index (κ3) is 16.5. The summed E-state index contributed by atoms with van der Waals surface area (Å²) in [4.78, 5) is 87.0. The Morgan fingerprint density at radius 3 is 1.02 bits per heavy atom. The Morgan fingerprint density at radius 1 is 0.331 bits per heavy atom. The van der Waals surface area contributed by atoms with E-state index < -0.39 is 12.1 Å². The molecule has 23 heterocycles. The molecule has 4 aromatic carbocycles. The summed E-state index contributed by atoms with van der Waals surface area (Å²) < 4.78 is 93.6. The summed E-state index contributed by atoms with van der Waals surface area (Å²) in [5.74, 6) is 3.18. The van der Waals surface area contributed by atoms with Crippen molar-refractivity contribution in [2.75, 3.05) is 182 Å². The molecule has 27 rings (SSSR count). The monoisotopic (exact) mass is 1830 g/mol. The molecule has 7 aliphatic rings. The van der Waals surface area contributed by atoms with Gasteiger partial charge < -0.3 is 85.8 Å². The Hall–Kier alpha value is -14.3. The Balaban J connectivity index is 0.0000000995. The number of halogens is 3. The molecular weight excluding hydrogens is 1740 g/mol. The van der Waals surface area contributed by atoms with Crippen molar-refractivity contribution in [1.29, 1.82) is 0 Å². The van der Waals surface area contributed by atoms with Crippen LogP contribution in [-0.4, -0.2) is 259 Å². The Labute approximate surface area is 774 Å². The van der Waals surface area contributed by atoms with E-state index in [9.17, 15) is 13.2 Å². The van der Waals surface area contributed by atoms with E-state index in [2.05, 4.69) is 141 Å². The lowest BCUT2D eigenvalue weighted by atomic mass is 10.1. The molecule has 7 aliphatic heterocycles. The first-order valence-corrected chi connectivity index (χ1v) is 46.6. The summed E-state index contributed by atoms with van der Waals surface area (Å²) >= 11 is 0. The lowest BCUT2D eigenvalue weighted by Crippen LogP contribution is -2.38. The highest BCUT2D eigenvalue weighted by Crippen LogP contribution is 2.44. The number of ether oxygens (including phenoxy) is 5. The van der Waals surface area contributed by atoms with Crippen LogP contribution >= 0.6 is 0 Å². The van der Waals surface area contributed by atoms with Gasteiger partial charge in [0, 0.05) is 226 Å².